The largest absolute Gasteiger partial charge is 0.369 e. The number of rotatable bonds is 10. The van der Waals surface area contributed by atoms with Crippen LogP contribution in [0.1, 0.15) is 45.1 Å². The fourth-order valence-electron chi connectivity index (χ4n) is 7.18. The highest BCUT2D eigenvalue weighted by Crippen LogP contribution is 2.66. The number of anilines is 1. The maximum atomic E-state index is 13.9. The number of amides is 1. The van der Waals surface area contributed by atoms with Gasteiger partial charge in [0.2, 0.25) is 15.9 Å². The third-order valence-electron chi connectivity index (χ3n) is 9.72. The fraction of sp³-hybridized carbons (Fsp3) is 0.741. The van der Waals surface area contributed by atoms with Crippen molar-refractivity contribution in [2.24, 2.45) is 16.7 Å². The van der Waals surface area contributed by atoms with Gasteiger partial charge in [-0.05, 0) is 62.6 Å². The van der Waals surface area contributed by atoms with Crippen LogP contribution in [0.25, 0.3) is 0 Å². The molecule has 9 nitrogen and oxygen atoms in total. The van der Waals surface area contributed by atoms with Gasteiger partial charge < -0.3 is 15.5 Å². The predicted molar refractivity (Wildman–Crippen MR) is 151 cm³/mol. The Hall–Kier alpha value is -1.69. The molecule has 1 saturated heterocycles. The van der Waals surface area contributed by atoms with E-state index in [1.807, 2.05) is 12.1 Å². The van der Waals surface area contributed by atoms with Gasteiger partial charge in [-0.15, -0.1) is 0 Å². The van der Waals surface area contributed by atoms with Gasteiger partial charge in [-0.1, -0.05) is 32.0 Å². The van der Waals surface area contributed by atoms with Crippen LogP contribution < -0.4 is 15.5 Å². The van der Waals surface area contributed by atoms with Crippen molar-refractivity contribution in [3.63, 3.8) is 0 Å². The number of carbonyl (C=O) groups is 1. The Labute approximate surface area is 228 Å². The first-order valence-electron chi connectivity index (χ1n) is 13.6. The summed E-state index contributed by atoms with van der Waals surface area (Å²) in [5.74, 6) is 0.0172. The lowest BCUT2D eigenvalue weighted by Crippen LogP contribution is -2.58. The Balaban J connectivity index is 1.48. The van der Waals surface area contributed by atoms with E-state index < -0.39 is 31.3 Å². The molecule has 2 bridgehead atoms. The van der Waals surface area contributed by atoms with E-state index in [1.54, 1.807) is 11.4 Å². The minimum Gasteiger partial charge on any atom is -0.369 e. The van der Waals surface area contributed by atoms with E-state index in [2.05, 4.69) is 48.4 Å². The van der Waals surface area contributed by atoms with E-state index in [0.29, 0.717) is 32.1 Å². The smallest absolute Gasteiger partial charge is 0.237 e. The SMILES string of the molecule is Cc1ccccc1N1CCN(S(=O)(=O)C[C@]23CC[C@H](C[C@@H]2NC(=O)[C@H](CCS(C)(=O)=O)N[11CH3])C3(C)C)CC1. The van der Waals surface area contributed by atoms with Crippen LogP contribution in [-0.2, 0) is 24.7 Å². The van der Waals surface area contributed by atoms with Crippen molar-refractivity contribution in [3.8, 4) is 0 Å². The van der Waals surface area contributed by atoms with Crippen LogP contribution in [-0.4, -0.2) is 90.1 Å². The second kappa shape index (κ2) is 10.7. The Kier molecular flexibility index (Phi) is 8.25. The molecule has 1 heterocycles. The standard InChI is InChI=1S/C27H44N4O5S2/c1-20-8-6-7-9-23(20)30-13-15-31(16-14-30)38(35,36)19-27-12-10-21(26(27,2)3)18-24(27)29-25(32)22(28-4)11-17-37(5,33)34/h6-9,21-22,24,28H,10-19H2,1-5H3,(H,29,32)/t21-,22+,24+,27-/m1/s1/i4-1. The number of nitrogens with zero attached hydrogens (tertiary/aromatic N) is 2. The lowest BCUT2D eigenvalue weighted by atomic mass is 9.69. The van der Waals surface area contributed by atoms with E-state index in [-0.39, 0.29) is 35.3 Å². The normalized spacial score (nSPS) is 28.4. The minimum atomic E-state index is -3.56. The highest BCUT2D eigenvalue weighted by Gasteiger charge is 2.66. The van der Waals surface area contributed by atoms with Gasteiger partial charge in [0, 0.05) is 49.6 Å². The zero-order valence-corrected chi connectivity index (χ0v) is 25.0. The van der Waals surface area contributed by atoms with Gasteiger partial charge in [0.05, 0.1) is 17.5 Å². The Bertz CT molecular complexity index is 1240. The first-order chi connectivity index (χ1) is 17.7. The molecule has 4 atom stereocenters. The molecule has 0 spiro atoms. The molecule has 1 aliphatic heterocycles. The van der Waals surface area contributed by atoms with Crippen molar-refractivity contribution in [1.29, 1.82) is 0 Å². The Morgan fingerprint density at radius 1 is 1.11 bits per heavy atom. The summed E-state index contributed by atoms with van der Waals surface area (Å²) in [6.45, 7) is 8.57. The average molecular weight is 568 g/mol. The van der Waals surface area contributed by atoms with Crippen molar-refractivity contribution in [2.75, 3.05) is 55.9 Å². The molecule has 4 rings (SSSR count). The molecule has 3 aliphatic rings. The molecule has 0 radical (unpaired) electrons. The van der Waals surface area contributed by atoms with Crippen LogP contribution in [0, 0.1) is 23.7 Å². The molecule has 2 N–H and O–H groups in total. The molecule has 214 valence electrons. The summed E-state index contributed by atoms with van der Waals surface area (Å²) >= 11 is 0. The molecule has 2 aliphatic carbocycles. The molecule has 1 aromatic rings. The molecule has 1 aromatic carbocycles. The van der Waals surface area contributed by atoms with Crippen LogP contribution in [0.15, 0.2) is 24.3 Å². The number of carbonyl (C=O) groups excluding carboxylic acids is 1. The van der Waals surface area contributed by atoms with Gasteiger partial charge in [0.15, 0.2) is 0 Å². The van der Waals surface area contributed by atoms with Crippen molar-refractivity contribution >= 4 is 31.5 Å². The molecular formula is C27H44N4O5S2. The third kappa shape index (κ3) is 5.62. The fourth-order valence-corrected chi connectivity index (χ4v) is 10.1. The average Bonchev–Trinajstić information content (AvgIpc) is 3.19. The number of para-hydroxylation sites is 1. The lowest BCUT2D eigenvalue weighted by Gasteiger charge is -2.44. The quantitative estimate of drug-likeness (QED) is 0.443. The van der Waals surface area contributed by atoms with E-state index >= 15 is 0 Å². The highest BCUT2D eigenvalue weighted by atomic mass is 32.2. The summed E-state index contributed by atoms with van der Waals surface area (Å²) in [6.07, 6.45) is 3.80. The van der Waals surface area contributed by atoms with Gasteiger partial charge >= 0.3 is 0 Å². The van der Waals surface area contributed by atoms with E-state index in [9.17, 15) is 21.6 Å². The number of hydrogen-bond donors (Lipinski definition) is 2. The van der Waals surface area contributed by atoms with Gasteiger partial charge in [0.1, 0.15) is 9.84 Å². The molecule has 11 heteroatoms. The first-order valence-corrected chi connectivity index (χ1v) is 17.3. The predicted octanol–water partition coefficient (Wildman–Crippen LogP) is 1.78. The third-order valence-corrected chi connectivity index (χ3v) is 12.7. The van der Waals surface area contributed by atoms with Crippen molar-refractivity contribution in [3.05, 3.63) is 29.8 Å². The second-order valence-corrected chi connectivity index (χ2v) is 16.3. The molecule has 0 aromatic heterocycles. The summed E-state index contributed by atoms with van der Waals surface area (Å²) in [6, 6.07) is 7.27. The van der Waals surface area contributed by atoms with Crippen LogP contribution >= 0.6 is 0 Å². The van der Waals surface area contributed by atoms with Crippen molar-refractivity contribution in [2.45, 2.75) is 58.5 Å². The number of fused-ring (bicyclic) bond motifs is 2. The summed E-state index contributed by atoms with van der Waals surface area (Å²) in [5.41, 5.74) is 1.54. The molecule has 2 saturated carbocycles. The maximum Gasteiger partial charge on any atom is 0.237 e. The summed E-state index contributed by atoms with van der Waals surface area (Å²) in [4.78, 5) is 15.5. The van der Waals surface area contributed by atoms with E-state index in [4.69, 9.17) is 0 Å². The molecule has 38 heavy (non-hydrogen) atoms. The molecule has 3 fully saturated rings. The molecule has 1 amide bonds. The Morgan fingerprint density at radius 3 is 2.34 bits per heavy atom. The first kappa shape index (κ1) is 29.3. The van der Waals surface area contributed by atoms with Crippen LogP contribution in [0.4, 0.5) is 5.69 Å². The van der Waals surface area contributed by atoms with Gasteiger partial charge in [-0.25, -0.2) is 16.8 Å². The Morgan fingerprint density at radius 2 is 1.76 bits per heavy atom. The molecule has 0 unspecified atom stereocenters. The lowest BCUT2D eigenvalue weighted by molar-refractivity contribution is -0.124. The van der Waals surface area contributed by atoms with Crippen molar-refractivity contribution in [1.82, 2.24) is 14.9 Å². The number of aryl methyl sites for hydroxylation is 1. The topological polar surface area (TPSA) is 116 Å². The number of piperazine rings is 1. The van der Waals surface area contributed by atoms with Gasteiger partial charge in [0.25, 0.3) is 0 Å². The summed E-state index contributed by atoms with van der Waals surface area (Å²) < 4.78 is 52.7. The number of sulfonamides is 1. The van der Waals surface area contributed by atoms with Gasteiger partial charge in [-0.3, -0.25) is 4.79 Å². The summed E-state index contributed by atoms with van der Waals surface area (Å²) in [7, 11) is -5.11. The van der Waals surface area contributed by atoms with Crippen molar-refractivity contribution < 1.29 is 21.6 Å². The second-order valence-electron chi connectivity index (χ2n) is 12.1. The monoisotopic (exact) mass is 567 g/mol. The van der Waals surface area contributed by atoms with Crippen LogP contribution in [0.2, 0.25) is 0 Å². The number of nitrogens with one attached hydrogen (secondary N) is 2. The van der Waals surface area contributed by atoms with Crippen LogP contribution in [0.3, 0.4) is 0 Å². The maximum absolute atomic E-state index is 13.9. The van der Waals surface area contributed by atoms with Crippen LogP contribution in [0.5, 0.6) is 0 Å². The zero-order chi connectivity index (χ0) is 27.9. The van der Waals surface area contributed by atoms with E-state index in [0.717, 1.165) is 31.2 Å². The highest BCUT2D eigenvalue weighted by molar-refractivity contribution is 7.90. The number of benzene rings is 1. The molecular weight excluding hydrogens is 523 g/mol. The van der Waals surface area contributed by atoms with E-state index in [1.165, 1.54) is 5.56 Å². The zero-order valence-electron chi connectivity index (χ0n) is 23.4. The summed E-state index contributed by atoms with van der Waals surface area (Å²) in [5, 5.41) is 6.11. The number of hydrogen-bond acceptors (Lipinski definition) is 7. The van der Waals surface area contributed by atoms with Gasteiger partial charge in [-0.2, -0.15) is 4.31 Å². The number of sulfone groups is 1. The minimum absolute atomic E-state index is 0.0202. The number of likely N-dealkylation sites (N-methyl/N-ethyl adjacent to an activating group) is 1.